The van der Waals surface area contributed by atoms with Gasteiger partial charge < -0.3 is 9.64 Å². The maximum atomic E-state index is 12.4. The lowest BCUT2D eigenvalue weighted by Crippen LogP contribution is -2.41. The molecule has 0 N–H and O–H groups in total. The van der Waals surface area contributed by atoms with Crippen molar-refractivity contribution in [2.75, 3.05) is 26.2 Å². The molecule has 170 valence electrons. The van der Waals surface area contributed by atoms with E-state index in [1.54, 1.807) is 4.90 Å². The minimum atomic E-state index is -0.493. The molecule has 0 radical (unpaired) electrons. The second-order valence-electron chi connectivity index (χ2n) is 9.57. The number of carbonyl (C=O) groups is 2. The second-order valence-corrected chi connectivity index (χ2v) is 9.57. The molecule has 0 bridgehead atoms. The first kappa shape index (κ1) is 22.3. The predicted molar refractivity (Wildman–Crippen MR) is 122 cm³/mol. The number of rotatable bonds is 5. The third kappa shape index (κ3) is 5.65. The van der Waals surface area contributed by atoms with Crippen LogP contribution in [0.1, 0.15) is 48.9 Å². The molecule has 1 aromatic heterocycles. The maximum Gasteiger partial charge on any atom is 0.410 e. The molecule has 2 aliphatic heterocycles. The van der Waals surface area contributed by atoms with E-state index in [-0.39, 0.29) is 11.9 Å². The number of hydrogen-bond acceptors (Lipinski definition) is 5. The van der Waals surface area contributed by atoms with Crippen LogP contribution in [0.4, 0.5) is 4.79 Å². The number of hydrogen-bond donors (Lipinski definition) is 0. The van der Waals surface area contributed by atoms with Gasteiger partial charge in [0.15, 0.2) is 5.78 Å². The van der Waals surface area contributed by atoms with Crippen molar-refractivity contribution in [2.24, 2.45) is 0 Å². The van der Waals surface area contributed by atoms with Gasteiger partial charge in [0.2, 0.25) is 0 Å². The zero-order chi connectivity index (χ0) is 22.7. The van der Waals surface area contributed by atoms with Crippen LogP contribution in [0.15, 0.2) is 48.0 Å². The first-order chi connectivity index (χ1) is 15.3. The van der Waals surface area contributed by atoms with E-state index in [9.17, 15) is 9.59 Å². The lowest BCUT2D eigenvalue weighted by atomic mass is 10.0. The largest absolute Gasteiger partial charge is 0.444 e. The third-order valence-corrected chi connectivity index (χ3v) is 5.76. The summed E-state index contributed by atoms with van der Waals surface area (Å²) >= 11 is 0. The Hall–Kier alpha value is -2.93. The molecule has 0 spiro atoms. The van der Waals surface area contributed by atoms with Crippen LogP contribution >= 0.6 is 0 Å². The monoisotopic (exact) mass is 436 g/mol. The van der Waals surface area contributed by atoms with Crippen molar-refractivity contribution < 1.29 is 14.3 Å². The number of ketones is 1. The Labute approximate surface area is 189 Å². The number of carbonyl (C=O) groups excluding carboxylic acids is 2. The summed E-state index contributed by atoms with van der Waals surface area (Å²) in [6.45, 7) is 9.58. The molecule has 1 amide bonds. The third-order valence-electron chi connectivity index (χ3n) is 5.76. The van der Waals surface area contributed by atoms with Gasteiger partial charge in [-0.25, -0.2) is 4.79 Å². The van der Waals surface area contributed by atoms with Gasteiger partial charge in [0.05, 0.1) is 31.0 Å². The van der Waals surface area contributed by atoms with Crippen LogP contribution in [0, 0.1) is 0 Å². The summed E-state index contributed by atoms with van der Waals surface area (Å²) in [6.07, 6.45) is 3.71. The Bertz CT molecular complexity index is 1000. The maximum absolute atomic E-state index is 12.4. The SMILES string of the molecule is CC(C)(C)OC(=O)N1CCn2nc(CC3=CCN(CC(=O)c4ccccc4)CC3)cc2C1. The summed E-state index contributed by atoms with van der Waals surface area (Å²) in [5.74, 6) is 0.166. The molecule has 2 aliphatic rings. The number of benzene rings is 1. The normalized spacial score (nSPS) is 17.0. The molecule has 0 saturated carbocycles. The Kier molecular flexibility index (Phi) is 6.46. The van der Waals surface area contributed by atoms with Gasteiger partial charge in [0, 0.05) is 31.6 Å². The Balaban J connectivity index is 1.31. The molecule has 4 rings (SSSR count). The molecule has 0 aliphatic carbocycles. The molecular formula is C25H32N4O3. The van der Waals surface area contributed by atoms with Gasteiger partial charge in [-0.05, 0) is 33.3 Å². The average Bonchev–Trinajstić information content (AvgIpc) is 3.16. The quantitative estimate of drug-likeness (QED) is 0.528. The van der Waals surface area contributed by atoms with Crippen LogP contribution in [0.3, 0.4) is 0 Å². The van der Waals surface area contributed by atoms with Crippen molar-refractivity contribution in [3.63, 3.8) is 0 Å². The Morgan fingerprint density at radius 2 is 1.88 bits per heavy atom. The smallest absolute Gasteiger partial charge is 0.410 e. The minimum absolute atomic E-state index is 0.166. The standard InChI is InChI=1S/C25H32N4O3/c1-25(2,3)32-24(31)28-13-14-29-22(17-28)16-21(26-29)15-19-9-11-27(12-10-19)18-23(30)20-7-5-4-6-8-20/h4-9,16H,10-15,17-18H2,1-3H3. The number of fused-ring (bicyclic) bond motifs is 1. The summed E-state index contributed by atoms with van der Waals surface area (Å²) < 4.78 is 7.51. The van der Waals surface area contributed by atoms with Gasteiger partial charge in [-0.1, -0.05) is 42.0 Å². The summed E-state index contributed by atoms with van der Waals surface area (Å²) in [4.78, 5) is 28.8. The van der Waals surface area contributed by atoms with Crippen LogP contribution in [0.25, 0.3) is 0 Å². The van der Waals surface area contributed by atoms with Gasteiger partial charge in [-0.3, -0.25) is 14.4 Å². The van der Waals surface area contributed by atoms with Gasteiger partial charge in [0.25, 0.3) is 0 Å². The van der Waals surface area contributed by atoms with Crippen molar-refractivity contribution in [2.45, 2.75) is 52.3 Å². The molecule has 32 heavy (non-hydrogen) atoms. The minimum Gasteiger partial charge on any atom is -0.444 e. The zero-order valence-electron chi connectivity index (χ0n) is 19.2. The van der Waals surface area contributed by atoms with Gasteiger partial charge in [-0.2, -0.15) is 5.10 Å². The predicted octanol–water partition coefficient (Wildman–Crippen LogP) is 3.69. The average molecular weight is 437 g/mol. The molecule has 0 fully saturated rings. The van der Waals surface area contributed by atoms with Crippen LogP contribution < -0.4 is 0 Å². The second kappa shape index (κ2) is 9.28. The Morgan fingerprint density at radius 1 is 1.09 bits per heavy atom. The summed E-state index contributed by atoms with van der Waals surface area (Å²) in [5, 5.41) is 4.75. The van der Waals surface area contributed by atoms with Gasteiger partial charge >= 0.3 is 6.09 Å². The summed E-state index contributed by atoms with van der Waals surface area (Å²) in [5.41, 5.74) is 3.71. The summed E-state index contributed by atoms with van der Waals surface area (Å²) in [6, 6.07) is 11.6. The highest BCUT2D eigenvalue weighted by molar-refractivity contribution is 5.97. The Morgan fingerprint density at radius 3 is 2.56 bits per heavy atom. The number of aromatic nitrogens is 2. The van der Waals surface area contributed by atoms with E-state index in [2.05, 4.69) is 17.0 Å². The van der Waals surface area contributed by atoms with Gasteiger partial charge in [-0.15, -0.1) is 0 Å². The number of ether oxygens (including phenoxy) is 1. The van der Waals surface area contributed by atoms with Crippen molar-refractivity contribution in [3.8, 4) is 0 Å². The zero-order valence-corrected chi connectivity index (χ0v) is 19.2. The molecular weight excluding hydrogens is 404 g/mol. The van der Waals surface area contributed by atoms with Crippen LogP contribution in [-0.4, -0.2) is 63.2 Å². The van der Waals surface area contributed by atoms with E-state index in [0.29, 0.717) is 26.2 Å². The fourth-order valence-corrected chi connectivity index (χ4v) is 4.10. The number of amides is 1. The van der Waals surface area contributed by atoms with Crippen LogP contribution in [0.2, 0.25) is 0 Å². The van der Waals surface area contributed by atoms with E-state index < -0.39 is 5.60 Å². The van der Waals surface area contributed by atoms with Crippen molar-refractivity contribution >= 4 is 11.9 Å². The lowest BCUT2D eigenvalue weighted by Gasteiger charge is -2.30. The van der Waals surface area contributed by atoms with E-state index >= 15 is 0 Å². The van der Waals surface area contributed by atoms with Crippen LogP contribution in [0.5, 0.6) is 0 Å². The lowest BCUT2D eigenvalue weighted by molar-refractivity contribution is 0.0194. The van der Waals surface area contributed by atoms with Gasteiger partial charge in [0.1, 0.15) is 5.60 Å². The van der Waals surface area contributed by atoms with Crippen LogP contribution in [-0.2, 0) is 24.2 Å². The fourth-order valence-electron chi connectivity index (χ4n) is 4.10. The van der Waals surface area contributed by atoms with E-state index in [4.69, 9.17) is 9.84 Å². The van der Waals surface area contributed by atoms with Crippen molar-refractivity contribution in [1.82, 2.24) is 19.6 Å². The topological polar surface area (TPSA) is 67.7 Å². The van der Waals surface area contributed by atoms with Crippen molar-refractivity contribution in [1.29, 1.82) is 0 Å². The molecule has 7 heteroatoms. The molecule has 7 nitrogen and oxygen atoms in total. The van der Waals surface area contributed by atoms with E-state index in [1.807, 2.05) is 55.8 Å². The highest BCUT2D eigenvalue weighted by Crippen LogP contribution is 2.21. The molecule has 0 unspecified atom stereocenters. The first-order valence-corrected chi connectivity index (χ1v) is 11.3. The highest BCUT2D eigenvalue weighted by Gasteiger charge is 2.27. The fraction of sp³-hybridized carbons (Fsp3) is 0.480. The van der Waals surface area contributed by atoms with Crippen molar-refractivity contribution in [3.05, 3.63) is 65.0 Å². The molecule has 3 heterocycles. The van der Waals surface area contributed by atoms with E-state index in [0.717, 1.165) is 42.9 Å². The number of nitrogens with zero attached hydrogens (tertiary/aromatic N) is 4. The first-order valence-electron chi connectivity index (χ1n) is 11.3. The summed E-state index contributed by atoms with van der Waals surface area (Å²) in [7, 11) is 0. The number of Topliss-reactive ketones (excluding diaryl/α,β-unsaturated/α-hetero) is 1. The molecule has 1 aromatic carbocycles. The highest BCUT2D eigenvalue weighted by atomic mass is 16.6. The molecule has 2 aromatic rings. The molecule has 0 atom stereocenters. The molecule has 0 saturated heterocycles. The van der Waals surface area contributed by atoms with E-state index in [1.165, 1.54) is 5.57 Å².